The summed E-state index contributed by atoms with van der Waals surface area (Å²) >= 11 is 0. The van der Waals surface area contributed by atoms with E-state index in [1.54, 1.807) is 0 Å². The lowest BCUT2D eigenvalue weighted by Gasteiger charge is -2.50. The second kappa shape index (κ2) is 30.8. The first-order valence-electron chi connectivity index (χ1n) is 26.0. The van der Waals surface area contributed by atoms with Crippen LogP contribution >= 0.6 is 0 Å². The van der Waals surface area contributed by atoms with Gasteiger partial charge in [-0.05, 0) is 25.8 Å². The molecule has 44 nitrogen and oxygen atoms in total. The van der Waals surface area contributed by atoms with Gasteiger partial charge in [-0.15, -0.1) is 0 Å². The zero-order chi connectivity index (χ0) is 65.8. The van der Waals surface area contributed by atoms with E-state index in [0.717, 1.165) is 0 Å². The maximum atomic E-state index is 12.8. The number of aliphatic carboxylic acids is 3. The van der Waals surface area contributed by atoms with E-state index in [9.17, 15) is 135 Å². The zero-order valence-electron chi connectivity index (χ0n) is 44.8. The molecule has 6 rings (SSSR count). The van der Waals surface area contributed by atoms with Crippen molar-refractivity contribution >= 4 is 48.8 Å². The molecule has 6 aliphatic heterocycles. The van der Waals surface area contributed by atoms with Crippen molar-refractivity contribution in [3.05, 3.63) is 0 Å². The Hall–Kier alpha value is -3.02. The first-order valence-corrected chi connectivity index (χ1v) is 30.4. The van der Waals surface area contributed by atoms with Gasteiger partial charge < -0.3 is 144 Å². The minimum absolute atomic E-state index is 0.122. The van der Waals surface area contributed by atoms with Crippen LogP contribution in [-0.4, -0.2) is 356 Å². The van der Waals surface area contributed by atoms with Crippen molar-refractivity contribution in [3.63, 3.8) is 0 Å². The number of hydrogen-bond donors (Lipinski definition) is 23. The van der Waals surface area contributed by atoms with Crippen LogP contribution in [-0.2, 0) is 102 Å². The largest absolute Gasteiger partial charge is 0.479 e. The van der Waals surface area contributed by atoms with Crippen molar-refractivity contribution in [2.75, 3.05) is 33.0 Å². The molecule has 0 bridgehead atoms. The van der Waals surface area contributed by atoms with Gasteiger partial charge in [0.05, 0.1) is 19.8 Å². The number of carboxylic acid groups (broad SMARTS) is 3. The molecule has 0 aliphatic carbocycles. The molecule has 0 aromatic heterocycles. The van der Waals surface area contributed by atoms with Gasteiger partial charge in [0.25, 0.3) is 0 Å². The molecule has 6 heterocycles. The number of carboxylic acids is 3. The third kappa shape index (κ3) is 17.8. The molecule has 0 radical (unpaired) electrons. The lowest BCUT2D eigenvalue weighted by atomic mass is 9.94. The van der Waals surface area contributed by atoms with Gasteiger partial charge in [0, 0.05) is 6.61 Å². The van der Waals surface area contributed by atoms with Crippen molar-refractivity contribution in [2.24, 2.45) is 5.73 Å². The molecule has 24 N–H and O–H groups in total. The van der Waals surface area contributed by atoms with Crippen LogP contribution in [0.15, 0.2) is 0 Å². The second-order valence-electron chi connectivity index (χ2n) is 20.5. The summed E-state index contributed by atoms with van der Waals surface area (Å²) in [5, 5.41) is 172. The minimum atomic E-state index is -5.63. The molecular weight excluding hydrogens is 1280 g/mol. The molecule has 6 fully saturated rings. The number of unbranched alkanes of at least 4 members (excludes halogenated alkanes) is 2. The van der Waals surface area contributed by atoms with Gasteiger partial charge in [0.15, 0.2) is 56.1 Å². The van der Waals surface area contributed by atoms with Crippen molar-refractivity contribution in [1.82, 2.24) is 14.2 Å². The molecule has 0 amide bonds. The second-order valence-corrected chi connectivity index (χ2v) is 24.0. The Bertz CT molecular complexity index is 2660. The molecule has 30 atom stereocenters. The van der Waals surface area contributed by atoms with Crippen molar-refractivity contribution in [2.45, 2.75) is 203 Å². The van der Waals surface area contributed by atoms with E-state index in [-0.39, 0.29) is 6.61 Å². The first kappa shape index (κ1) is 74.0. The van der Waals surface area contributed by atoms with E-state index in [4.69, 9.17) is 62.6 Å². The fourth-order valence-corrected chi connectivity index (χ4v) is 11.9. The van der Waals surface area contributed by atoms with Crippen LogP contribution in [0.1, 0.15) is 19.3 Å². The van der Waals surface area contributed by atoms with Gasteiger partial charge in [0.1, 0.15) is 128 Å². The maximum absolute atomic E-state index is 12.8. The average Bonchev–Trinajstić information content (AvgIpc) is 0.831. The highest BCUT2D eigenvalue weighted by atomic mass is 32.2. The summed E-state index contributed by atoms with van der Waals surface area (Å²) < 4.78 is 171. The number of nitrogens with two attached hydrogens (primary N) is 1. The summed E-state index contributed by atoms with van der Waals surface area (Å²) in [5.41, 5.74) is 5.46. The van der Waals surface area contributed by atoms with Crippen LogP contribution in [0.5, 0.6) is 0 Å². The Morgan fingerprint density at radius 3 is 1.00 bits per heavy atom. The summed E-state index contributed by atoms with van der Waals surface area (Å²) in [6, 6.07) is -7.26. The molecular formula is C41H70N4O40S3. The number of rotatable bonds is 28. The van der Waals surface area contributed by atoms with Crippen molar-refractivity contribution in [1.29, 1.82) is 0 Å². The summed E-state index contributed by atoms with van der Waals surface area (Å²) in [6.07, 6.45) is -63.0. The summed E-state index contributed by atoms with van der Waals surface area (Å²) in [7, 11) is -16.5. The smallest absolute Gasteiger partial charge is 0.335 e. The molecule has 6 aliphatic rings. The van der Waals surface area contributed by atoms with E-state index in [1.165, 1.54) is 14.2 Å². The highest BCUT2D eigenvalue weighted by Crippen LogP contribution is 2.38. The Labute approximate surface area is 495 Å². The highest BCUT2D eigenvalue weighted by Gasteiger charge is 2.60. The number of nitrogens with one attached hydrogen (secondary N) is 3. The number of hydrogen-bond acceptors (Lipinski definition) is 35. The highest BCUT2D eigenvalue weighted by molar-refractivity contribution is 7.84. The van der Waals surface area contributed by atoms with Gasteiger partial charge in [0.2, 0.25) is 0 Å². The van der Waals surface area contributed by atoms with Gasteiger partial charge in [-0.3, -0.25) is 13.7 Å². The number of aliphatic hydroxyl groups is 13. The fraction of sp³-hybridized carbons (Fsp3) is 0.927. The van der Waals surface area contributed by atoms with Gasteiger partial charge in [-0.25, -0.2) is 14.4 Å². The van der Waals surface area contributed by atoms with E-state index < -0.39 is 253 Å². The van der Waals surface area contributed by atoms with Crippen LogP contribution in [0, 0.1) is 0 Å². The standard InChI is InChI=1S/C41H70N4O40S3/c42-4-2-1-3-5-74-39-22(56)19(53)27(30(83-39)33(59)60)81-37-13(44-87(68,69)70)17(51)25(10(7-47)76-37)79-41-24(58)21(55)29(32(85-41)35(63)64)82-38-14(45-88(71,72)73)18(52)26(11(8-48)77-38)78-40-23(57)20(54)28(31(84-40)34(61)62)80-36-12(43-86(65,66)67)16(50)15(49)9(6-46)75-36/h9-32,36-41,43-58H,1-8,42H2,(H,59,60)(H,61,62)(H,63,64)(H,65,66,67)(H,68,69,70)(H,71,72,73)/t9-,10-,11-,12-,13-,14-,15-,16-,17-,18-,19-,20-,21-,22-,23-,24-,25-,26-,27+,28+,29+,30-,31-,32-,36-,37-,38-,39-,40-,41-/m1/s1. The van der Waals surface area contributed by atoms with Crippen molar-refractivity contribution in [3.8, 4) is 0 Å². The molecule has 0 aromatic rings. The zero-order valence-corrected chi connectivity index (χ0v) is 47.3. The van der Waals surface area contributed by atoms with E-state index >= 15 is 0 Å². The number of ether oxygens (including phenoxy) is 12. The predicted molar refractivity (Wildman–Crippen MR) is 265 cm³/mol. The molecule has 0 spiro atoms. The third-order valence-electron chi connectivity index (χ3n) is 14.4. The summed E-state index contributed by atoms with van der Waals surface area (Å²) in [5.74, 6) is -6.13. The summed E-state index contributed by atoms with van der Waals surface area (Å²) in [4.78, 5) is 37.8. The Morgan fingerprint density at radius 2 is 0.682 bits per heavy atom. The Kier molecular flexibility index (Phi) is 25.9. The average molecular weight is 1360 g/mol. The van der Waals surface area contributed by atoms with Gasteiger partial charge >= 0.3 is 48.8 Å². The lowest BCUT2D eigenvalue weighted by Crippen LogP contribution is -2.71. The molecule has 0 saturated carbocycles. The Morgan fingerprint density at radius 1 is 0.375 bits per heavy atom. The van der Waals surface area contributed by atoms with Crippen LogP contribution in [0.25, 0.3) is 0 Å². The quantitative estimate of drug-likeness (QED) is 0.0255. The van der Waals surface area contributed by atoms with E-state index in [2.05, 4.69) is 0 Å². The lowest BCUT2D eigenvalue weighted by molar-refractivity contribution is -0.378. The number of carbonyl (C=O) groups is 3. The van der Waals surface area contributed by atoms with Crippen molar-refractivity contribution < 1.29 is 192 Å². The number of aliphatic hydroxyl groups excluding tert-OH is 13. The molecule has 512 valence electrons. The molecule has 0 aromatic carbocycles. The third-order valence-corrected chi connectivity index (χ3v) is 16.1. The van der Waals surface area contributed by atoms with Gasteiger partial charge in [-0.2, -0.15) is 39.4 Å². The molecule has 47 heteroatoms. The topological polar surface area (TPSA) is 711 Å². The van der Waals surface area contributed by atoms with E-state index in [1.807, 2.05) is 0 Å². The van der Waals surface area contributed by atoms with Crippen LogP contribution < -0.4 is 19.9 Å². The maximum Gasteiger partial charge on any atom is 0.335 e. The molecule has 0 unspecified atom stereocenters. The summed E-state index contributed by atoms with van der Waals surface area (Å²) in [6.45, 7) is -3.62. The Balaban J connectivity index is 1.20. The first-order chi connectivity index (χ1) is 41.0. The molecule has 88 heavy (non-hydrogen) atoms. The molecule has 6 saturated heterocycles. The minimum Gasteiger partial charge on any atom is -0.479 e. The van der Waals surface area contributed by atoms with E-state index in [0.29, 0.717) is 25.8 Å². The predicted octanol–water partition coefficient (Wildman–Crippen LogP) is -14.5. The van der Waals surface area contributed by atoms with Crippen LogP contribution in [0.3, 0.4) is 0 Å². The monoisotopic (exact) mass is 1350 g/mol. The normalized spacial score (nSPS) is 43.9. The fourth-order valence-electron chi connectivity index (χ4n) is 10.1. The van der Waals surface area contributed by atoms with Gasteiger partial charge in [-0.1, -0.05) is 0 Å². The van der Waals surface area contributed by atoms with Crippen LogP contribution in [0.2, 0.25) is 0 Å². The van der Waals surface area contributed by atoms with Crippen LogP contribution in [0.4, 0.5) is 0 Å². The SMILES string of the molecule is NCCCCCO[C@@H]1O[C@@H](C(=O)O)[C@@H](O[C@H]2O[C@H](CO)[C@@H](O[C@@H]3O[C@@H](C(=O)O)[C@@H](O[C@H]4O[C@H](CO)[C@@H](O[C@@H]5O[C@@H](C(=O)O)[C@@H](O[C@H]6O[C@H](CO)[C@@H](O)[C@H](O)[C@H]6NS(=O)(=O)O)[C@H](O)[C@H]5O)[C@H](O)[C@H]4NS(=O)(=O)O)[C@H](O)[C@H]3O)[C@H](O)[C@H]2NS(=O)(=O)O)[C@H](O)[C@H]1O.